The van der Waals surface area contributed by atoms with E-state index in [1.807, 2.05) is 0 Å². The first kappa shape index (κ1) is 5.91. The average molecular weight is 175 g/mol. The lowest BCUT2D eigenvalue weighted by atomic mass is 10.1. The summed E-state index contributed by atoms with van der Waals surface area (Å²) in [7, 11) is 0. The average Bonchev–Trinajstić information content (AvgIpc) is 2.36. The molecule has 3 rings (SSSR count). The molecular weight excluding hydrogens is 167 g/mol. The van der Waals surface area contributed by atoms with Crippen molar-refractivity contribution in [3.8, 4) is 0 Å². The molecule has 10 heavy (non-hydrogen) atoms. The van der Waals surface area contributed by atoms with Crippen molar-refractivity contribution in [2.24, 2.45) is 17.8 Å². The van der Waals surface area contributed by atoms with E-state index in [4.69, 9.17) is 23.2 Å². The van der Waals surface area contributed by atoms with Crippen LogP contribution in [0, 0.1) is 17.8 Å². The fourth-order valence-corrected chi connectivity index (χ4v) is 3.90. The van der Waals surface area contributed by atoms with E-state index in [2.05, 4.69) is 12.2 Å². The Kier molecular flexibility index (Phi) is 0.838. The summed E-state index contributed by atoms with van der Waals surface area (Å²) in [5, 5.41) is 0.257. The molecule has 0 aromatic rings. The molecule has 2 saturated carbocycles. The first-order valence-electron chi connectivity index (χ1n) is 3.76. The fourth-order valence-electron chi connectivity index (χ4n) is 2.68. The predicted octanol–water partition coefficient (Wildman–Crippen LogP) is 2.41. The molecule has 2 fully saturated rings. The Balaban J connectivity index is 2.08. The van der Waals surface area contributed by atoms with Gasteiger partial charge in [0.2, 0.25) is 0 Å². The molecule has 0 aromatic heterocycles. The second kappa shape index (κ2) is 1.42. The number of rotatable bonds is 0. The van der Waals surface area contributed by atoms with Crippen molar-refractivity contribution in [1.82, 2.24) is 0 Å². The molecule has 0 spiro atoms. The van der Waals surface area contributed by atoms with Gasteiger partial charge in [-0.1, -0.05) is 12.2 Å². The summed E-state index contributed by atoms with van der Waals surface area (Å²) in [5.74, 6) is 1.91. The van der Waals surface area contributed by atoms with Crippen molar-refractivity contribution >= 4 is 23.2 Å². The van der Waals surface area contributed by atoms with Gasteiger partial charge in [0.05, 0.1) is 10.3 Å². The molecular formula is C8H8Cl2. The monoisotopic (exact) mass is 174 g/mol. The van der Waals surface area contributed by atoms with Crippen LogP contribution in [0.1, 0.15) is 6.42 Å². The van der Waals surface area contributed by atoms with Crippen LogP contribution in [0.4, 0.5) is 0 Å². The van der Waals surface area contributed by atoms with Crippen LogP contribution in [-0.4, -0.2) is 10.3 Å². The second-order valence-corrected chi connectivity index (χ2v) is 4.77. The third-order valence-corrected chi connectivity index (χ3v) is 4.80. The highest BCUT2D eigenvalue weighted by molar-refractivity contribution is 6.38. The lowest BCUT2D eigenvalue weighted by molar-refractivity contribution is 0.583. The Morgan fingerprint density at radius 1 is 1.40 bits per heavy atom. The summed E-state index contributed by atoms with van der Waals surface area (Å²) in [4.78, 5) is -0.0129. The predicted molar refractivity (Wildman–Crippen MR) is 42.5 cm³/mol. The van der Waals surface area contributed by atoms with Crippen LogP contribution < -0.4 is 0 Å². The molecule has 0 radical (unpaired) electrons. The molecule has 3 aliphatic carbocycles. The SMILES string of the molecule is Cl[C@H]1[C@@H]2[C@@H]3C=C[C@@H](C3)[C@@]21Cl. The van der Waals surface area contributed by atoms with Crippen molar-refractivity contribution < 1.29 is 0 Å². The zero-order chi connectivity index (χ0) is 6.93. The van der Waals surface area contributed by atoms with E-state index in [1.165, 1.54) is 6.42 Å². The summed E-state index contributed by atoms with van der Waals surface area (Å²) in [5.41, 5.74) is 0. The summed E-state index contributed by atoms with van der Waals surface area (Å²) in [6, 6.07) is 0. The van der Waals surface area contributed by atoms with Crippen LogP contribution in [0.5, 0.6) is 0 Å². The summed E-state index contributed by atoms with van der Waals surface area (Å²) in [6.07, 6.45) is 5.80. The van der Waals surface area contributed by atoms with Crippen molar-refractivity contribution in [3.05, 3.63) is 12.2 Å². The van der Waals surface area contributed by atoms with Crippen molar-refractivity contribution in [1.29, 1.82) is 0 Å². The molecule has 0 aliphatic heterocycles. The molecule has 5 atom stereocenters. The molecule has 0 amide bonds. The fraction of sp³-hybridized carbons (Fsp3) is 0.750. The minimum absolute atomic E-state index is 0.0129. The van der Waals surface area contributed by atoms with E-state index in [0.717, 1.165) is 0 Å². The molecule has 2 heteroatoms. The first-order chi connectivity index (χ1) is 4.74. The van der Waals surface area contributed by atoms with Crippen LogP contribution in [-0.2, 0) is 0 Å². The van der Waals surface area contributed by atoms with Gasteiger partial charge in [0.25, 0.3) is 0 Å². The lowest BCUT2D eigenvalue weighted by Gasteiger charge is -2.10. The van der Waals surface area contributed by atoms with E-state index < -0.39 is 0 Å². The van der Waals surface area contributed by atoms with Crippen LogP contribution in [0.2, 0.25) is 0 Å². The zero-order valence-corrected chi connectivity index (χ0v) is 6.94. The van der Waals surface area contributed by atoms with Gasteiger partial charge in [-0.15, -0.1) is 23.2 Å². The Labute approximate surface area is 70.2 Å². The maximum Gasteiger partial charge on any atom is 0.0724 e. The lowest BCUT2D eigenvalue weighted by Crippen LogP contribution is -2.12. The van der Waals surface area contributed by atoms with Crippen LogP contribution in [0.3, 0.4) is 0 Å². The molecule has 0 N–H and O–H groups in total. The van der Waals surface area contributed by atoms with Gasteiger partial charge in [-0.05, 0) is 18.3 Å². The Bertz CT molecular complexity index is 223. The van der Waals surface area contributed by atoms with Gasteiger partial charge in [0.15, 0.2) is 0 Å². The van der Waals surface area contributed by atoms with Gasteiger partial charge in [0, 0.05) is 5.92 Å². The van der Waals surface area contributed by atoms with Gasteiger partial charge in [-0.2, -0.15) is 0 Å². The number of hydrogen-bond acceptors (Lipinski definition) is 0. The highest BCUT2D eigenvalue weighted by Crippen LogP contribution is 2.71. The largest absolute Gasteiger partial charge is 0.121 e. The quantitative estimate of drug-likeness (QED) is 0.391. The van der Waals surface area contributed by atoms with E-state index >= 15 is 0 Å². The van der Waals surface area contributed by atoms with Crippen LogP contribution in [0.15, 0.2) is 12.2 Å². The summed E-state index contributed by atoms with van der Waals surface area (Å²) in [6.45, 7) is 0. The number of alkyl halides is 2. The third kappa shape index (κ3) is 0.402. The van der Waals surface area contributed by atoms with E-state index in [-0.39, 0.29) is 10.3 Å². The van der Waals surface area contributed by atoms with Crippen molar-refractivity contribution in [2.45, 2.75) is 16.7 Å². The van der Waals surface area contributed by atoms with E-state index in [9.17, 15) is 0 Å². The topological polar surface area (TPSA) is 0 Å². The molecule has 54 valence electrons. The Morgan fingerprint density at radius 2 is 2.20 bits per heavy atom. The zero-order valence-electron chi connectivity index (χ0n) is 5.43. The van der Waals surface area contributed by atoms with E-state index in [0.29, 0.717) is 17.8 Å². The first-order valence-corrected chi connectivity index (χ1v) is 4.57. The van der Waals surface area contributed by atoms with Gasteiger partial charge in [0.1, 0.15) is 0 Å². The summed E-state index contributed by atoms with van der Waals surface area (Å²) < 4.78 is 0. The van der Waals surface area contributed by atoms with Crippen molar-refractivity contribution in [3.63, 3.8) is 0 Å². The van der Waals surface area contributed by atoms with Crippen molar-refractivity contribution in [2.75, 3.05) is 0 Å². The smallest absolute Gasteiger partial charge is 0.0724 e. The second-order valence-electron chi connectivity index (χ2n) is 3.65. The number of fused-ring (bicyclic) bond motifs is 5. The van der Waals surface area contributed by atoms with Gasteiger partial charge in [-0.3, -0.25) is 0 Å². The standard InChI is InChI=1S/C8H8Cl2/c9-7-6-4-1-2-5(3-4)8(6,7)10/h1-2,4-7H,3H2/t4-,5+,6+,7+,8-/m1/s1. The molecule has 0 saturated heterocycles. The third-order valence-electron chi connectivity index (χ3n) is 3.29. The number of hydrogen-bond donors (Lipinski definition) is 0. The molecule has 0 aromatic carbocycles. The molecule has 0 heterocycles. The minimum Gasteiger partial charge on any atom is -0.121 e. The summed E-state index contributed by atoms with van der Waals surface area (Å²) >= 11 is 12.4. The Hall–Kier alpha value is 0.320. The normalized spacial score (nSPS) is 68.6. The van der Waals surface area contributed by atoms with Gasteiger partial charge < -0.3 is 0 Å². The molecule has 0 unspecified atom stereocenters. The van der Waals surface area contributed by atoms with Gasteiger partial charge in [-0.25, -0.2) is 0 Å². The maximum atomic E-state index is 6.31. The van der Waals surface area contributed by atoms with E-state index in [1.54, 1.807) is 0 Å². The number of allylic oxidation sites excluding steroid dienone is 2. The molecule has 3 aliphatic rings. The molecule has 0 nitrogen and oxygen atoms in total. The van der Waals surface area contributed by atoms with Crippen LogP contribution in [0.25, 0.3) is 0 Å². The maximum absolute atomic E-state index is 6.31. The Morgan fingerprint density at radius 3 is 2.70 bits per heavy atom. The highest BCUT2D eigenvalue weighted by atomic mass is 35.5. The van der Waals surface area contributed by atoms with Gasteiger partial charge >= 0.3 is 0 Å². The highest BCUT2D eigenvalue weighted by Gasteiger charge is 2.74. The number of halogens is 2. The minimum atomic E-state index is -0.0129. The molecule has 2 bridgehead atoms. The van der Waals surface area contributed by atoms with Crippen LogP contribution >= 0.6 is 23.2 Å².